The van der Waals surface area contributed by atoms with Crippen LogP contribution in [-0.2, 0) is 10.0 Å². The summed E-state index contributed by atoms with van der Waals surface area (Å²) in [6.07, 6.45) is 0. The van der Waals surface area contributed by atoms with E-state index in [-0.39, 0.29) is 10.7 Å². The number of aromatic nitrogens is 2. The van der Waals surface area contributed by atoms with Crippen LogP contribution in [0.2, 0.25) is 5.02 Å². The third-order valence-electron chi connectivity index (χ3n) is 3.99. The first kappa shape index (κ1) is 18.4. The van der Waals surface area contributed by atoms with E-state index < -0.39 is 10.0 Å². The first-order chi connectivity index (χ1) is 12.2. The van der Waals surface area contributed by atoms with Gasteiger partial charge in [0.05, 0.1) is 22.8 Å². The SMILES string of the molecule is Cc1ccc(NS(=O)(=O)c2c(C)nn(-c3ccc(F)cc3)c2C)cc1Cl. The van der Waals surface area contributed by atoms with Crippen molar-refractivity contribution in [2.24, 2.45) is 0 Å². The van der Waals surface area contributed by atoms with Gasteiger partial charge in [-0.05, 0) is 62.7 Å². The molecule has 1 aromatic heterocycles. The van der Waals surface area contributed by atoms with Crippen LogP contribution in [0, 0.1) is 26.6 Å². The van der Waals surface area contributed by atoms with E-state index in [1.54, 1.807) is 44.2 Å². The zero-order valence-corrected chi connectivity index (χ0v) is 16.0. The summed E-state index contributed by atoms with van der Waals surface area (Å²) in [6, 6.07) is 10.6. The number of sulfonamides is 1. The molecule has 0 fully saturated rings. The van der Waals surface area contributed by atoms with Crippen LogP contribution in [0.5, 0.6) is 0 Å². The molecule has 0 aliphatic rings. The summed E-state index contributed by atoms with van der Waals surface area (Å²) in [5.41, 5.74) is 2.57. The second kappa shape index (κ2) is 6.74. The Morgan fingerprint density at radius 2 is 1.73 bits per heavy atom. The summed E-state index contributed by atoms with van der Waals surface area (Å²) >= 11 is 6.07. The van der Waals surface area contributed by atoms with Crippen molar-refractivity contribution in [1.29, 1.82) is 0 Å². The van der Waals surface area contributed by atoms with E-state index in [1.165, 1.54) is 16.8 Å². The van der Waals surface area contributed by atoms with Gasteiger partial charge in [0, 0.05) is 5.02 Å². The maximum absolute atomic E-state index is 13.1. The van der Waals surface area contributed by atoms with Crippen LogP contribution in [0.25, 0.3) is 5.69 Å². The highest BCUT2D eigenvalue weighted by Gasteiger charge is 2.25. The Kier molecular flexibility index (Phi) is 4.77. The predicted molar refractivity (Wildman–Crippen MR) is 100.0 cm³/mol. The molecule has 26 heavy (non-hydrogen) atoms. The molecule has 0 bridgehead atoms. The number of halogens is 2. The summed E-state index contributed by atoms with van der Waals surface area (Å²) in [5.74, 6) is -0.374. The molecule has 0 spiro atoms. The quantitative estimate of drug-likeness (QED) is 0.714. The number of anilines is 1. The third kappa shape index (κ3) is 3.45. The average molecular weight is 394 g/mol. The first-order valence-electron chi connectivity index (χ1n) is 7.80. The standard InChI is InChI=1S/C18H17ClFN3O2S/c1-11-4-7-15(10-17(11)19)22-26(24,25)18-12(2)21-23(13(18)3)16-8-5-14(20)6-9-16/h4-10,22H,1-3H3. The van der Waals surface area contributed by atoms with Gasteiger partial charge in [-0.1, -0.05) is 17.7 Å². The van der Waals surface area contributed by atoms with Crippen molar-refractivity contribution in [3.05, 3.63) is 70.3 Å². The fourth-order valence-electron chi connectivity index (χ4n) is 2.71. The highest BCUT2D eigenvalue weighted by molar-refractivity contribution is 7.92. The van der Waals surface area contributed by atoms with Crippen molar-refractivity contribution in [2.45, 2.75) is 25.7 Å². The minimum Gasteiger partial charge on any atom is -0.279 e. The Morgan fingerprint density at radius 3 is 2.35 bits per heavy atom. The molecule has 3 aromatic rings. The number of rotatable bonds is 4. The molecular weight excluding hydrogens is 377 g/mol. The van der Waals surface area contributed by atoms with E-state index in [0.717, 1.165) is 5.56 Å². The van der Waals surface area contributed by atoms with Crippen LogP contribution in [0.1, 0.15) is 17.0 Å². The molecule has 0 amide bonds. The lowest BCUT2D eigenvalue weighted by atomic mass is 10.2. The Morgan fingerprint density at radius 1 is 1.08 bits per heavy atom. The largest absolute Gasteiger partial charge is 0.279 e. The molecule has 1 heterocycles. The summed E-state index contributed by atoms with van der Waals surface area (Å²) in [7, 11) is -3.87. The van der Waals surface area contributed by atoms with E-state index in [0.29, 0.717) is 27.8 Å². The van der Waals surface area contributed by atoms with Crippen LogP contribution >= 0.6 is 11.6 Å². The van der Waals surface area contributed by atoms with Gasteiger partial charge >= 0.3 is 0 Å². The predicted octanol–water partition coefficient (Wildman–Crippen LogP) is 4.39. The number of hydrogen-bond donors (Lipinski definition) is 1. The van der Waals surface area contributed by atoms with E-state index in [4.69, 9.17) is 11.6 Å². The van der Waals surface area contributed by atoms with Crippen molar-refractivity contribution < 1.29 is 12.8 Å². The highest BCUT2D eigenvalue weighted by Crippen LogP contribution is 2.27. The molecule has 0 radical (unpaired) electrons. The molecule has 0 atom stereocenters. The van der Waals surface area contributed by atoms with Gasteiger partial charge in [-0.3, -0.25) is 4.72 Å². The smallest absolute Gasteiger partial charge is 0.265 e. The highest BCUT2D eigenvalue weighted by atomic mass is 35.5. The monoisotopic (exact) mass is 393 g/mol. The summed E-state index contributed by atoms with van der Waals surface area (Å²) < 4.78 is 42.9. The number of aryl methyl sites for hydroxylation is 2. The Labute approximate surface area is 156 Å². The van der Waals surface area contributed by atoms with Crippen molar-refractivity contribution >= 4 is 27.3 Å². The lowest BCUT2D eigenvalue weighted by molar-refractivity contribution is 0.600. The lowest BCUT2D eigenvalue weighted by Crippen LogP contribution is -2.15. The van der Waals surface area contributed by atoms with E-state index in [9.17, 15) is 12.8 Å². The van der Waals surface area contributed by atoms with Crippen molar-refractivity contribution in [1.82, 2.24) is 9.78 Å². The first-order valence-corrected chi connectivity index (χ1v) is 9.66. The fourth-order valence-corrected chi connectivity index (χ4v) is 4.34. The topological polar surface area (TPSA) is 64.0 Å². The summed E-state index contributed by atoms with van der Waals surface area (Å²) in [6.45, 7) is 5.10. The van der Waals surface area contributed by atoms with Crippen LogP contribution in [0.15, 0.2) is 47.4 Å². The van der Waals surface area contributed by atoms with Crippen LogP contribution < -0.4 is 4.72 Å². The van der Waals surface area contributed by atoms with Gasteiger partial charge in [-0.15, -0.1) is 0 Å². The minimum absolute atomic E-state index is 0.0820. The fraction of sp³-hybridized carbons (Fsp3) is 0.167. The zero-order chi connectivity index (χ0) is 19.1. The molecule has 1 N–H and O–H groups in total. The van der Waals surface area contributed by atoms with E-state index >= 15 is 0 Å². The van der Waals surface area contributed by atoms with Gasteiger partial charge in [-0.2, -0.15) is 5.10 Å². The van der Waals surface area contributed by atoms with Gasteiger partial charge in [0.25, 0.3) is 10.0 Å². The average Bonchev–Trinajstić information content (AvgIpc) is 2.87. The van der Waals surface area contributed by atoms with Crippen molar-refractivity contribution in [2.75, 3.05) is 4.72 Å². The third-order valence-corrected chi connectivity index (χ3v) is 6.03. The molecule has 0 aliphatic carbocycles. The van der Waals surface area contributed by atoms with Crippen LogP contribution in [0.4, 0.5) is 10.1 Å². The molecule has 0 aliphatic heterocycles. The molecule has 0 saturated carbocycles. The maximum Gasteiger partial charge on any atom is 0.265 e. The van der Waals surface area contributed by atoms with Gasteiger partial charge < -0.3 is 0 Å². The Balaban J connectivity index is 2.02. The molecule has 0 unspecified atom stereocenters. The molecule has 0 saturated heterocycles. The van der Waals surface area contributed by atoms with Crippen molar-refractivity contribution in [3.63, 3.8) is 0 Å². The molecule has 2 aromatic carbocycles. The molecular formula is C18H17ClFN3O2S. The second-order valence-corrected chi connectivity index (χ2v) is 7.98. The molecule has 136 valence electrons. The number of hydrogen-bond acceptors (Lipinski definition) is 3. The Bertz CT molecular complexity index is 1080. The number of benzene rings is 2. The van der Waals surface area contributed by atoms with E-state index in [2.05, 4.69) is 9.82 Å². The van der Waals surface area contributed by atoms with Gasteiger partial charge in [0.2, 0.25) is 0 Å². The van der Waals surface area contributed by atoms with Gasteiger partial charge in [0.15, 0.2) is 0 Å². The van der Waals surface area contributed by atoms with Crippen molar-refractivity contribution in [3.8, 4) is 5.69 Å². The zero-order valence-electron chi connectivity index (χ0n) is 14.4. The second-order valence-electron chi connectivity index (χ2n) is 5.96. The van der Waals surface area contributed by atoms with Crippen LogP contribution in [0.3, 0.4) is 0 Å². The van der Waals surface area contributed by atoms with Gasteiger partial charge in [0.1, 0.15) is 10.7 Å². The number of nitrogens with zero attached hydrogens (tertiary/aromatic N) is 2. The maximum atomic E-state index is 13.1. The molecule has 5 nitrogen and oxygen atoms in total. The number of nitrogens with one attached hydrogen (secondary N) is 1. The summed E-state index contributed by atoms with van der Waals surface area (Å²) in [4.78, 5) is 0.0820. The Hall–Kier alpha value is -2.38. The van der Waals surface area contributed by atoms with Gasteiger partial charge in [-0.25, -0.2) is 17.5 Å². The van der Waals surface area contributed by atoms with Crippen LogP contribution in [-0.4, -0.2) is 18.2 Å². The minimum atomic E-state index is -3.87. The normalized spacial score (nSPS) is 11.6. The molecule has 3 rings (SSSR count). The molecule has 8 heteroatoms. The van der Waals surface area contributed by atoms with E-state index in [1.807, 2.05) is 6.92 Å². The summed E-state index contributed by atoms with van der Waals surface area (Å²) in [5, 5.41) is 4.77. The lowest BCUT2D eigenvalue weighted by Gasteiger charge is -2.10.